The molecule has 1 N–H and O–H groups in total. The lowest BCUT2D eigenvalue weighted by atomic mass is 9.73. The van der Waals surface area contributed by atoms with Crippen LogP contribution >= 0.6 is 0 Å². The van der Waals surface area contributed by atoms with Crippen LogP contribution in [-0.2, 0) is 4.79 Å². The number of amides is 3. The highest BCUT2D eigenvalue weighted by molar-refractivity contribution is 6.07. The zero-order chi connectivity index (χ0) is 15.6. The molecule has 1 aromatic rings. The minimum atomic E-state index is -0.657. The van der Waals surface area contributed by atoms with Gasteiger partial charge in [-0.3, -0.25) is 9.69 Å². The van der Waals surface area contributed by atoms with E-state index in [2.05, 4.69) is 12.2 Å². The minimum Gasteiger partial charge on any atom is -0.323 e. The number of hydrogen-bond acceptors (Lipinski definition) is 2. The zero-order valence-electron chi connectivity index (χ0n) is 12.9. The molecule has 0 radical (unpaired) electrons. The summed E-state index contributed by atoms with van der Waals surface area (Å²) in [5.74, 6) is 0.156. The van der Waals surface area contributed by atoms with Crippen LogP contribution in [0.3, 0.4) is 0 Å². The summed E-state index contributed by atoms with van der Waals surface area (Å²) in [5, 5.41) is 2.97. The van der Waals surface area contributed by atoms with Crippen molar-refractivity contribution in [1.82, 2.24) is 10.2 Å². The van der Waals surface area contributed by atoms with Crippen molar-refractivity contribution >= 4 is 18.0 Å². The second-order valence-corrected chi connectivity index (χ2v) is 6.28. The first-order chi connectivity index (χ1) is 10.6. The standard InChI is InChI=1S/C18H22N2O2/c1-14-8-5-6-12-18(14)16(21)20(17(22)19-18)13-7-11-15-9-3-2-4-10-15/h2-4,7,9-11,14H,5-6,8,12-13H2,1H3,(H,19,22)/b11-7+. The van der Waals surface area contributed by atoms with Crippen LogP contribution in [0.2, 0.25) is 0 Å². The first kappa shape index (κ1) is 14.8. The lowest BCUT2D eigenvalue weighted by Gasteiger charge is -2.36. The largest absolute Gasteiger partial charge is 0.325 e. The molecule has 2 fully saturated rings. The summed E-state index contributed by atoms with van der Waals surface area (Å²) in [7, 11) is 0. The van der Waals surface area contributed by atoms with Gasteiger partial charge in [-0.1, -0.05) is 62.2 Å². The highest BCUT2D eigenvalue weighted by atomic mass is 16.2. The van der Waals surface area contributed by atoms with Crippen LogP contribution in [0, 0.1) is 5.92 Å². The van der Waals surface area contributed by atoms with Crippen molar-refractivity contribution in [2.75, 3.05) is 6.54 Å². The third-order valence-corrected chi connectivity index (χ3v) is 4.90. The summed E-state index contributed by atoms with van der Waals surface area (Å²) in [6, 6.07) is 9.62. The Balaban J connectivity index is 1.71. The Bertz CT molecular complexity index is 596. The van der Waals surface area contributed by atoms with E-state index >= 15 is 0 Å². The second-order valence-electron chi connectivity index (χ2n) is 6.28. The van der Waals surface area contributed by atoms with Crippen molar-refractivity contribution < 1.29 is 9.59 Å². The highest BCUT2D eigenvalue weighted by Gasteiger charge is 2.54. The van der Waals surface area contributed by atoms with E-state index in [1.165, 1.54) is 4.90 Å². The molecule has 1 saturated heterocycles. The summed E-state index contributed by atoms with van der Waals surface area (Å²) in [4.78, 5) is 26.3. The molecule has 1 aliphatic heterocycles. The SMILES string of the molecule is CC1CCCCC12NC(=O)N(C/C=C/c1ccccc1)C2=O. The van der Waals surface area contributed by atoms with E-state index < -0.39 is 5.54 Å². The first-order valence-electron chi connectivity index (χ1n) is 7.99. The van der Waals surface area contributed by atoms with E-state index in [4.69, 9.17) is 0 Å². The Morgan fingerprint density at radius 2 is 2.05 bits per heavy atom. The molecule has 2 aliphatic rings. The number of urea groups is 1. The fourth-order valence-electron chi connectivity index (χ4n) is 3.52. The number of hydrogen-bond donors (Lipinski definition) is 1. The van der Waals surface area contributed by atoms with E-state index in [0.29, 0.717) is 6.54 Å². The van der Waals surface area contributed by atoms with Crippen molar-refractivity contribution in [2.24, 2.45) is 5.92 Å². The van der Waals surface area contributed by atoms with Crippen molar-refractivity contribution in [3.05, 3.63) is 42.0 Å². The molecular formula is C18H22N2O2. The van der Waals surface area contributed by atoms with E-state index in [1.54, 1.807) is 0 Å². The second kappa shape index (κ2) is 5.95. The zero-order valence-corrected chi connectivity index (χ0v) is 12.9. The van der Waals surface area contributed by atoms with Crippen LogP contribution in [-0.4, -0.2) is 28.9 Å². The van der Waals surface area contributed by atoms with Crippen LogP contribution in [0.5, 0.6) is 0 Å². The molecule has 1 spiro atoms. The topological polar surface area (TPSA) is 49.4 Å². The van der Waals surface area contributed by atoms with Gasteiger partial charge in [0.05, 0.1) is 0 Å². The smallest absolute Gasteiger partial charge is 0.323 e. The van der Waals surface area contributed by atoms with Gasteiger partial charge in [0, 0.05) is 6.54 Å². The summed E-state index contributed by atoms with van der Waals surface area (Å²) >= 11 is 0. The van der Waals surface area contributed by atoms with Crippen molar-refractivity contribution in [3.8, 4) is 0 Å². The van der Waals surface area contributed by atoms with Gasteiger partial charge in [-0.15, -0.1) is 0 Å². The fourth-order valence-corrected chi connectivity index (χ4v) is 3.52. The Kier molecular flexibility index (Phi) is 4.01. The Labute approximate surface area is 131 Å². The normalized spacial score (nSPS) is 28.6. The molecule has 3 amide bonds. The lowest BCUT2D eigenvalue weighted by molar-refractivity contribution is -0.133. The van der Waals surface area contributed by atoms with Gasteiger partial charge in [0.25, 0.3) is 5.91 Å². The van der Waals surface area contributed by atoms with Crippen LogP contribution < -0.4 is 5.32 Å². The predicted octanol–water partition coefficient (Wildman–Crippen LogP) is 3.20. The molecule has 4 heteroatoms. The Hall–Kier alpha value is -2.10. The molecule has 0 bridgehead atoms. The molecular weight excluding hydrogens is 276 g/mol. The number of rotatable bonds is 3. The number of imide groups is 1. The lowest BCUT2D eigenvalue weighted by Crippen LogP contribution is -2.53. The molecule has 22 heavy (non-hydrogen) atoms. The van der Waals surface area contributed by atoms with Crippen molar-refractivity contribution in [3.63, 3.8) is 0 Å². The maximum absolute atomic E-state index is 12.8. The average Bonchev–Trinajstić information content (AvgIpc) is 2.76. The Morgan fingerprint density at radius 3 is 2.77 bits per heavy atom. The van der Waals surface area contributed by atoms with Crippen LogP contribution in [0.25, 0.3) is 6.08 Å². The number of carbonyl (C=O) groups is 2. The van der Waals surface area contributed by atoms with Crippen LogP contribution in [0.1, 0.15) is 38.2 Å². The quantitative estimate of drug-likeness (QED) is 0.871. The van der Waals surface area contributed by atoms with E-state index in [9.17, 15) is 9.59 Å². The maximum atomic E-state index is 12.8. The molecule has 1 aliphatic carbocycles. The number of nitrogens with one attached hydrogen (secondary N) is 1. The minimum absolute atomic E-state index is 0.0533. The summed E-state index contributed by atoms with van der Waals surface area (Å²) in [6.45, 7) is 2.40. The summed E-state index contributed by atoms with van der Waals surface area (Å²) in [6.07, 6.45) is 7.72. The van der Waals surface area contributed by atoms with E-state index in [0.717, 1.165) is 31.2 Å². The summed E-state index contributed by atoms with van der Waals surface area (Å²) in [5.41, 5.74) is 0.408. The number of benzene rings is 1. The predicted molar refractivity (Wildman–Crippen MR) is 86.1 cm³/mol. The van der Waals surface area contributed by atoms with Gasteiger partial charge in [-0.2, -0.15) is 0 Å². The fraction of sp³-hybridized carbons (Fsp3) is 0.444. The van der Waals surface area contributed by atoms with Gasteiger partial charge in [-0.05, 0) is 24.3 Å². The molecule has 0 aromatic heterocycles. The van der Waals surface area contributed by atoms with Gasteiger partial charge in [-0.25, -0.2) is 4.79 Å². The third-order valence-electron chi connectivity index (χ3n) is 4.90. The van der Waals surface area contributed by atoms with Gasteiger partial charge in [0.2, 0.25) is 0 Å². The molecule has 1 heterocycles. The third kappa shape index (κ3) is 2.54. The highest BCUT2D eigenvalue weighted by Crippen LogP contribution is 2.38. The van der Waals surface area contributed by atoms with Crippen LogP contribution in [0.4, 0.5) is 4.79 Å². The summed E-state index contributed by atoms with van der Waals surface area (Å²) < 4.78 is 0. The molecule has 1 aromatic carbocycles. The van der Waals surface area contributed by atoms with Gasteiger partial charge in [0.1, 0.15) is 5.54 Å². The average molecular weight is 298 g/mol. The van der Waals surface area contributed by atoms with Gasteiger partial charge < -0.3 is 5.32 Å². The molecule has 2 atom stereocenters. The molecule has 1 saturated carbocycles. The van der Waals surface area contributed by atoms with Crippen LogP contribution in [0.15, 0.2) is 36.4 Å². The maximum Gasteiger partial charge on any atom is 0.325 e. The monoisotopic (exact) mass is 298 g/mol. The van der Waals surface area contributed by atoms with E-state index in [-0.39, 0.29) is 17.9 Å². The molecule has 3 rings (SSSR count). The Morgan fingerprint density at radius 1 is 1.27 bits per heavy atom. The van der Waals surface area contributed by atoms with Gasteiger partial charge in [0.15, 0.2) is 0 Å². The number of carbonyl (C=O) groups excluding carboxylic acids is 2. The molecule has 116 valence electrons. The van der Waals surface area contributed by atoms with Crippen molar-refractivity contribution in [1.29, 1.82) is 0 Å². The van der Waals surface area contributed by atoms with Crippen molar-refractivity contribution in [2.45, 2.75) is 38.1 Å². The number of nitrogens with zero attached hydrogens (tertiary/aromatic N) is 1. The van der Waals surface area contributed by atoms with Gasteiger partial charge >= 0.3 is 6.03 Å². The molecule has 4 nitrogen and oxygen atoms in total. The first-order valence-corrected chi connectivity index (χ1v) is 7.99. The van der Waals surface area contributed by atoms with E-state index in [1.807, 2.05) is 42.5 Å². The molecule has 2 unspecified atom stereocenters.